The highest BCUT2D eigenvalue weighted by Crippen LogP contribution is 2.36. The Morgan fingerprint density at radius 2 is 2.12 bits per heavy atom. The molecule has 8 heteroatoms. The van der Waals surface area contributed by atoms with Gasteiger partial charge in [0.25, 0.3) is 10.0 Å². The van der Waals surface area contributed by atoms with Gasteiger partial charge in [0, 0.05) is 30.1 Å². The van der Waals surface area contributed by atoms with Crippen LogP contribution >= 0.6 is 11.3 Å². The van der Waals surface area contributed by atoms with E-state index in [0.29, 0.717) is 35.9 Å². The van der Waals surface area contributed by atoms with E-state index in [0.717, 1.165) is 18.6 Å². The first-order valence-electron chi connectivity index (χ1n) is 8.31. The zero-order chi connectivity index (χ0) is 17.5. The lowest BCUT2D eigenvalue weighted by Crippen LogP contribution is -2.48. The fourth-order valence-electron chi connectivity index (χ4n) is 3.44. The molecule has 1 spiro atoms. The molecule has 0 saturated carbocycles. The predicted molar refractivity (Wildman–Crippen MR) is 94.9 cm³/mol. The predicted octanol–water partition coefficient (Wildman–Crippen LogP) is 3.29. The highest BCUT2D eigenvalue weighted by atomic mass is 32.2. The number of thiophene rings is 1. The average Bonchev–Trinajstić information content (AvgIpc) is 3.27. The number of sulfonamides is 1. The second-order valence-electron chi connectivity index (χ2n) is 6.59. The van der Waals surface area contributed by atoms with E-state index in [4.69, 9.17) is 9.26 Å². The Balaban J connectivity index is 1.51. The topological polar surface area (TPSA) is 72.6 Å². The van der Waals surface area contributed by atoms with Crippen molar-refractivity contribution >= 4 is 21.4 Å². The first-order chi connectivity index (χ1) is 12.0. The van der Waals surface area contributed by atoms with Crippen LogP contribution in [0.25, 0.3) is 11.3 Å². The van der Waals surface area contributed by atoms with Gasteiger partial charge in [0.1, 0.15) is 4.21 Å². The first kappa shape index (κ1) is 17.0. The molecule has 0 N–H and O–H groups in total. The maximum Gasteiger partial charge on any atom is 0.252 e. The molecular weight excluding hydrogens is 360 g/mol. The number of aromatic nitrogens is 1. The Morgan fingerprint density at radius 3 is 2.80 bits per heavy atom. The van der Waals surface area contributed by atoms with Gasteiger partial charge in [0.2, 0.25) is 0 Å². The standard InChI is InChI=1S/C17H20N2O4S2/c1-13-3-9-22-17(11-13)4-7-19(8-5-17)25(20,21)16-10-14(12-24-16)15-2-6-18-23-15/h2,6,10-12H,3-5,7-9H2,1H3. The molecule has 0 amide bonds. The number of hydrogen-bond acceptors (Lipinski definition) is 6. The molecule has 1 fully saturated rings. The summed E-state index contributed by atoms with van der Waals surface area (Å²) in [4.78, 5) is 0. The molecule has 2 aliphatic heterocycles. The second kappa shape index (κ2) is 6.35. The zero-order valence-corrected chi connectivity index (χ0v) is 15.6. The fraction of sp³-hybridized carbons (Fsp3) is 0.471. The van der Waals surface area contributed by atoms with Gasteiger partial charge >= 0.3 is 0 Å². The summed E-state index contributed by atoms with van der Waals surface area (Å²) in [5, 5.41) is 5.45. The highest BCUT2D eigenvalue weighted by Gasteiger charge is 2.39. The average molecular weight is 380 g/mol. The summed E-state index contributed by atoms with van der Waals surface area (Å²) < 4.78 is 38.9. The van der Waals surface area contributed by atoms with E-state index in [1.54, 1.807) is 28.0 Å². The van der Waals surface area contributed by atoms with Gasteiger partial charge in [0.05, 0.1) is 18.4 Å². The molecule has 0 radical (unpaired) electrons. The SMILES string of the molecule is CC1=CC2(CCN(S(=O)(=O)c3cc(-c4ccno4)cs3)CC2)OCC1. The van der Waals surface area contributed by atoms with Gasteiger partial charge < -0.3 is 9.26 Å². The molecule has 4 heterocycles. The summed E-state index contributed by atoms with van der Waals surface area (Å²) in [6.07, 6.45) is 6.09. The van der Waals surface area contributed by atoms with Crippen LogP contribution in [0.1, 0.15) is 26.2 Å². The monoisotopic (exact) mass is 380 g/mol. The van der Waals surface area contributed by atoms with Crippen LogP contribution in [0.5, 0.6) is 0 Å². The molecule has 0 bridgehead atoms. The third-order valence-corrected chi connectivity index (χ3v) is 8.17. The molecular formula is C17H20N2O4S2. The zero-order valence-electron chi connectivity index (χ0n) is 14.0. The molecule has 134 valence electrons. The van der Waals surface area contributed by atoms with E-state index in [2.05, 4.69) is 18.2 Å². The Kier molecular flexibility index (Phi) is 4.31. The van der Waals surface area contributed by atoms with Gasteiger partial charge in [-0.15, -0.1) is 11.3 Å². The number of ether oxygens (including phenoxy) is 1. The van der Waals surface area contributed by atoms with E-state index < -0.39 is 10.0 Å². The quantitative estimate of drug-likeness (QED) is 0.764. The van der Waals surface area contributed by atoms with Crippen LogP contribution < -0.4 is 0 Å². The van der Waals surface area contributed by atoms with Crippen LogP contribution in [0.15, 0.2) is 44.1 Å². The van der Waals surface area contributed by atoms with E-state index in [1.807, 2.05) is 0 Å². The van der Waals surface area contributed by atoms with Crippen molar-refractivity contribution in [3.8, 4) is 11.3 Å². The van der Waals surface area contributed by atoms with Crippen LogP contribution in [0.2, 0.25) is 0 Å². The molecule has 2 aromatic rings. The van der Waals surface area contributed by atoms with E-state index in [1.165, 1.54) is 16.9 Å². The van der Waals surface area contributed by atoms with Gasteiger partial charge in [-0.3, -0.25) is 0 Å². The van der Waals surface area contributed by atoms with Gasteiger partial charge in [-0.1, -0.05) is 16.8 Å². The molecule has 4 rings (SSSR count). The lowest BCUT2D eigenvalue weighted by atomic mass is 9.88. The van der Waals surface area contributed by atoms with Crippen molar-refractivity contribution in [2.45, 2.75) is 36.0 Å². The van der Waals surface area contributed by atoms with Crippen LogP contribution in [0.3, 0.4) is 0 Å². The Bertz CT molecular complexity index is 876. The highest BCUT2D eigenvalue weighted by molar-refractivity contribution is 7.91. The number of rotatable bonds is 3. The molecule has 0 aromatic carbocycles. The summed E-state index contributed by atoms with van der Waals surface area (Å²) in [6.45, 7) is 3.79. The summed E-state index contributed by atoms with van der Waals surface area (Å²) in [5.41, 5.74) is 1.79. The largest absolute Gasteiger partial charge is 0.370 e. The molecule has 0 unspecified atom stereocenters. The van der Waals surface area contributed by atoms with Crippen molar-refractivity contribution in [2.24, 2.45) is 0 Å². The summed E-state index contributed by atoms with van der Waals surface area (Å²) >= 11 is 1.22. The third kappa shape index (κ3) is 3.19. The van der Waals surface area contributed by atoms with Gasteiger partial charge in [-0.05, 0) is 32.3 Å². The van der Waals surface area contributed by atoms with Crippen molar-refractivity contribution in [3.63, 3.8) is 0 Å². The molecule has 0 aliphatic carbocycles. The first-order valence-corrected chi connectivity index (χ1v) is 10.6. The van der Waals surface area contributed by atoms with Gasteiger partial charge in [0.15, 0.2) is 5.76 Å². The number of nitrogens with zero attached hydrogens (tertiary/aromatic N) is 2. The minimum atomic E-state index is -3.49. The van der Waals surface area contributed by atoms with Crippen LogP contribution in [0, 0.1) is 0 Å². The maximum atomic E-state index is 12.9. The fourth-order valence-corrected chi connectivity index (χ4v) is 6.21. The van der Waals surface area contributed by atoms with E-state index in [-0.39, 0.29) is 5.60 Å². The summed E-state index contributed by atoms with van der Waals surface area (Å²) in [5.74, 6) is 0.575. The Morgan fingerprint density at radius 1 is 1.32 bits per heavy atom. The maximum absolute atomic E-state index is 12.9. The van der Waals surface area contributed by atoms with Gasteiger partial charge in [-0.25, -0.2) is 8.42 Å². The Hall–Kier alpha value is -1.48. The number of piperidine rings is 1. The van der Waals surface area contributed by atoms with Crippen molar-refractivity contribution in [1.29, 1.82) is 0 Å². The normalized spacial score (nSPS) is 21.4. The van der Waals surface area contributed by atoms with Crippen molar-refractivity contribution in [3.05, 3.63) is 35.4 Å². The molecule has 0 atom stereocenters. The van der Waals surface area contributed by atoms with Crippen molar-refractivity contribution in [1.82, 2.24) is 9.46 Å². The van der Waals surface area contributed by atoms with Crippen LogP contribution in [0.4, 0.5) is 0 Å². The van der Waals surface area contributed by atoms with Crippen molar-refractivity contribution in [2.75, 3.05) is 19.7 Å². The minimum Gasteiger partial charge on any atom is -0.370 e. The van der Waals surface area contributed by atoms with E-state index >= 15 is 0 Å². The molecule has 2 aliphatic rings. The second-order valence-corrected chi connectivity index (χ2v) is 9.67. The van der Waals surface area contributed by atoms with Crippen LogP contribution in [-0.4, -0.2) is 43.2 Å². The minimum absolute atomic E-state index is 0.283. The number of hydrogen-bond donors (Lipinski definition) is 0. The van der Waals surface area contributed by atoms with E-state index in [9.17, 15) is 8.42 Å². The van der Waals surface area contributed by atoms with Gasteiger partial charge in [-0.2, -0.15) is 4.31 Å². The molecule has 2 aromatic heterocycles. The van der Waals surface area contributed by atoms with Crippen LogP contribution in [-0.2, 0) is 14.8 Å². The van der Waals surface area contributed by atoms with Crippen molar-refractivity contribution < 1.29 is 17.7 Å². The summed E-state index contributed by atoms with van der Waals surface area (Å²) in [7, 11) is -3.49. The lowest BCUT2D eigenvalue weighted by molar-refractivity contribution is -0.0461. The Labute approximate surface area is 151 Å². The summed E-state index contributed by atoms with van der Waals surface area (Å²) in [6, 6.07) is 3.38. The molecule has 6 nitrogen and oxygen atoms in total. The smallest absolute Gasteiger partial charge is 0.252 e. The third-order valence-electron chi connectivity index (χ3n) is 4.86. The lowest BCUT2D eigenvalue weighted by Gasteiger charge is -2.41. The molecule has 25 heavy (non-hydrogen) atoms. The molecule has 1 saturated heterocycles.